The molecule has 1 aliphatic rings. The second-order valence-electron chi connectivity index (χ2n) is 4.06. The molecule has 0 saturated heterocycles. The lowest BCUT2D eigenvalue weighted by Crippen LogP contribution is -2.22. The molecule has 18 heavy (non-hydrogen) atoms. The first kappa shape index (κ1) is 11.1. The zero-order valence-corrected chi connectivity index (χ0v) is 10.0. The van der Waals surface area contributed by atoms with Gasteiger partial charge in [0.25, 0.3) is 0 Å². The highest BCUT2D eigenvalue weighted by Gasteiger charge is 2.31. The number of rotatable bonds is 1. The number of hydrogen-bond acceptors (Lipinski definition) is 2. The van der Waals surface area contributed by atoms with Crippen molar-refractivity contribution in [2.75, 3.05) is 0 Å². The molecule has 3 nitrogen and oxygen atoms in total. The molecule has 0 radical (unpaired) electrons. The van der Waals surface area contributed by atoms with Gasteiger partial charge in [-0.3, -0.25) is 0 Å². The number of ether oxygens (including phenoxy) is 1. The normalized spacial score (nSPS) is 16.4. The summed E-state index contributed by atoms with van der Waals surface area (Å²) in [6.07, 6.45) is -1.01. The maximum atomic E-state index is 11.3. The molecule has 90 valence electrons. The topological polar surface area (TPSA) is 46.5 Å². The summed E-state index contributed by atoms with van der Waals surface area (Å²) in [5.74, 6) is -0.437. The first-order valence-electron chi connectivity index (χ1n) is 5.45. The Kier molecular flexibility index (Phi) is 2.49. The van der Waals surface area contributed by atoms with Crippen molar-refractivity contribution in [3.8, 4) is 16.9 Å². The van der Waals surface area contributed by atoms with Crippen molar-refractivity contribution in [3.05, 3.63) is 53.1 Å². The molecule has 1 heterocycles. The summed E-state index contributed by atoms with van der Waals surface area (Å²) in [7, 11) is 0. The average molecular weight is 261 g/mol. The fourth-order valence-electron chi connectivity index (χ4n) is 2.16. The monoisotopic (exact) mass is 260 g/mol. The molecule has 3 rings (SSSR count). The average Bonchev–Trinajstić information content (AvgIpc) is 2.37. The number of para-hydroxylation sites is 1. The van der Waals surface area contributed by atoms with Gasteiger partial charge in [-0.1, -0.05) is 35.9 Å². The van der Waals surface area contributed by atoms with Gasteiger partial charge in [0.2, 0.25) is 6.10 Å². The summed E-state index contributed by atoms with van der Waals surface area (Å²) in [5.41, 5.74) is 2.34. The summed E-state index contributed by atoms with van der Waals surface area (Å²) in [4.78, 5) is 11.3. The molecule has 0 bridgehead atoms. The van der Waals surface area contributed by atoms with E-state index >= 15 is 0 Å². The fourth-order valence-corrected chi connectivity index (χ4v) is 2.34. The third-order valence-corrected chi connectivity index (χ3v) is 3.18. The van der Waals surface area contributed by atoms with Crippen LogP contribution in [0.2, 0.25) is 5.02 Å². The van der Waals surface area contributed by atoms with Crippen molar-refractivity contribution in [2.24, 2.45) is 0 Å². The predicted octanol–water partition coefficient (Wildman–Crippen LogP) is 3.53. The highest BCUT2D eigenvalue weighted by Crippen LogP contribution is 2.42. The predicted molar refractivity (Wildman–Crippen MR) is 67.9 cm³/mol. The van der Waals surface area contributed by atoms with E-state index in [-0.39, 0.29) is 0 Å². The van der Waals surface area contributed by atoms with Gasteiger partial charge >= 0.3 is 5.97 Å². The summed E-state index contributed by atoms with van der Waals surface area (Å²) in [6, 6.07) is 12.6. The van der Waals surface area contributed by atoms with E-state index in [0.717, 1.165) is 11.1 Å². The van der Waals surface area contributed by atoms with Crippen molar-refractivity contribution in [1.29, 1.82) is 0 Å². The van der Waals surface area contributed by atoms with Crippen LogP contribution in [0.4, 0.5) is 0 Å². The van der Waals surface area contributed by atoms with Crippen molar-refractivity contribution in [3.63, 3.8) is 0 Å². The summed E-state index contributed by atoms with van der Waals surface area (Å²) < 4.78 is 5.52. The smallest absolute Gasteiger partial charge is 0.349 e. The van der Waals surface area contributed by atoms with E-state index in [1.165, 1.54) is 0 Å². The number of halogens is 1. The maximum absolute atomic E-state index is 11.3. The van der Waals surface area contributed by atoms with E-state index in [1.54, 1.807) is 18.2 Å². The number of benzene rings is 2. The van der Waals surface area contributed by atoms with Crippen LogP contribution in [0.25, 0.3) is 11.1 Å². The Morgan fingerprint density at radius 3 is 2.72 bits per heavy atom. The van der Waals surface area contributed by atoms with Gasteiger partial charge in [-0.25, -0.2) is 4.79 Å². The first-order valence-corrected chi connectivity index (χ1v) is 5.83. The fraction of sp³-hybridized carbons (Fsp3) is 0.0714. The number of carboxylic acid groups (broad SMARTS) is 1. The second-order valence-corrected chi connectivity index (χ2v) is 4.50. The second kappa shape index (κ2) is 4.03. The molecule has 1 aliphatic heterocycles. The van der Waals surface area contributed by atoms with Crippen LogP contribution in [0.1, 0.15) is 11.7 Å². The Balaban J connectivity index is 2.27. The summed E-state index contributed by atoms with van der Waals surface area (Å²) >= 11 is 5.93. The molecule has 0 amide bonds. The van der Waals surface area contributed by atoms with Gasteiger partial charge in [0.15, 0.2) is 0 Å². The van der Waals surface area contributed by atoms with Crippen molar-refractivity contribution >= 4 is 17.6 Å². The molecular formula is C14H9ClO3. The van der Waals surface area contributed by atoms with Crippen LogP contribution < -0.4 is 4.74 Å². The molecule has 4 heteroatoms. The number of hydrogen-bond donors (Lipinski definition) is 1. The van der Waals surface area contributed by atoms with Crippen LogP contribution in [-0.2, 0) is 4.79 Å². The highest BCUT2D eigenvalue weighted by atomic mass is 35.5. The molecule has 1 atom stereocenters. The van der Waals surface area contributed by atoms with Gasteiger partial charge in [-0.15, -0.1) is 0 Å². The Bertz CT molecular complexity index is 637. The minimum absolute atomic E-state index is 0.503. The standard InChI is InChI=1S/C14H9ClO3/c15-8-5-6-9-10-3-1-2-4-12(10)18-13(14(16)17)11(9)7-8/h1-7,13H,(H,16,17). The maximum Gasteiger partial charge on any atom is 0.349 e. The van der Waals surface area contributed by atoms with Gasteiger partial charge in [0, 0.05) is 16.1 Å². The van der Waals surface area contributed by atoms with Crippen LogP contribution >= 0.6 is 11.6 Å². The molecule has 0 fully saturated rings. The molecule has 0 aromatic heterocycles. The molecular weight excluding hydrogens is 252 g/mol. The van der Waals surface area contributed by atoms with Gasteiger partial charge < -0.3 is 9.84 Å². The molecule has 0 saturated carbocycles. The third kappa shape index (κ3) is 1.64. The zero-order valence-electron chi connectivity index (χ0n) is 9.26. The van der Waals surface area contributed by atoms with Crippen molar-refractivity contribution in [1.82, 2.24) is 0 Å². The lowest BCUT2D eigenvalue weighted by Gasteiger charge is -2.26. The van der Waals surface area contributed by atoms with E-state index in [4.69, 9.17) is 16.3 Å². The van der Waals surface area contributed by atoms with Crippen molar-refractivity contribution in [2.45, 2.75) is 6.10 Å². The molecule has 0 aliphatic carbocycles. The molecule has 0 spiro atoms. The minimum atomic E-state index is -1.02. The van der Waals surface area contributed by atoms with Gasteiger partial charge in [-0.2, -0.15) is 0 Å². The summed E-state index contributed by atoms with van der Waals surface area (Å²) in [5, 5.41) is 9.74. The SMILES string of the molecule is O=C(O)C1Oc2ccccc2-c2ccc(Cl)cc21. The number of carbonyl (C=O) groups is 1. The Morgan fingerprint density at radius 2 is 1.94 bits per heavy atom. The molecule has 2 aromatic rings. The van der Waals surface area contributed by atoms with Gasteiger partial charge in [-0.05, 0) is 23.8 Å². The Labute approximate surface area is 109 Å². The van der Waals surface area contributed by atoms with Crippen LogP contribution in [0.5, 0.6) is 5.75 Å². The van der Waals surface area contributed by atoms with E-state index in [2.05, 4.69) is 0 Å². The van der Waals surface area contributed by atoms with Crippen LogP contribution in [-0.4, -0.2) is 11.1 Å². The highest BCUT2D eigenvalue weighted by molar-refractivity contribution is 6.30. The molecule has 2 aromatic carbocycles. The van der Waals surface area contributed by atoms with Gasteiger partial charge in [0.05, 0.1) is 0 Å². The lowest BCUT2D eigenvalue weighted by molar-refractivity contribution is -0.145. The first-order chi connectivity index (χ1) is 8.66. The lowest BCUT2D eigenvalue weighted by atomic mass is 9.93. The number of fused-ring (bicyclic) bond motifs is 3. The van der Waals surface area contributed by atoms with E-state index in [0.29, 0.717) is 16.3 Å². The minimum Gasteiger partial charge on any atom is -0.478 e. The largest absolute Gasteiger partial charge is 0.478 e. The van der Waals surface area contributed by atoms with E-state index in [1.807, 2.05) is 24.3 Å². The van der Waals surface area contributed by atoms with Crippen molar-refractivity contribution < 1.29 is 14.6 Å². The quantitative estimate of drug-likeness (QED) is 0.853. The van der Waals surface area contributed by atoms with Crippen LogP contribution in [0, 0.1) is 0 Å². The van der Waals surface area contributed by atoms with Crippen LogP contribution in [0.3, 0.4) is 0 Å². The Hall–Kier alpha value is -2.00. The Morgan fingerprint density at radius 1 is 1.17 bits per heavy atom. The van der Waals surface area contributed by atoms with E-state index < -0.39 is 12.1 Å². The number of aliphatic carboxylic acids is 1. The third-order valence-electron chi connectivity index (χ3n) is 2.94. The van der Waals surface area contributed by atoms with Crippen LogP contribution in [0.15, 0.2) is 42.5 Å². The number of carboxylic acids is 1. The molecule has 1 unspecified atom stereocenters. The van der Waals surface area contributed by atoms with E-state index in [9.17, 15) is 9.90 Å². The van der Waals surface area contributed by atoms with Gasteiger partial charge in [0.1, 0.15) is 5.75 Å². The molecule has 1 N–H and O–H groups in total. The zero-order chi connectivity index (χ0) is 12.7. The summed E-state index contributed by atoms with van der Waals surface area (Å²) in [6.45, 7) is 0.